The highest BCUT2D eigenvalue weighted by atomic mass is 16.1. The Morgan fingerprint density at radius 1 is 1.06 bits per heavy atom. The summed E-state index contributed by atoms with van der Waals surface area (Å²) in [6.07, 6.45) is 5.30. The van der Waals surface area contributed by atoms with Crippen LogP contribution in [0.25, 0.3) is 0 Å². The minimum atomic E-state index is 0.0544. The van der Waals surface area contributed by atoms with Crippen LogP contribution in [0.15, 0.2) is 41.2 Å². The summed E-state index contributed by atoms with van der Waals surface area (Å²) >= 11 is 0. The molecule has 1 aliphatic rings. The largest absolute Gasteiger partial charge is 0.326 e. The molecule has 0 unspecified atom stereocenters. The molecule has 1 aliphatic carbocycles. The van der Waals surface area contributed by atoms with Crippen LogP contribution in [-0.2, 0) is 25.7 Å². The van der Waals surface area contributed by atoms with E-state index in [0.29, 0.717) is 0 Å². The maximum atomic E-state index is 11.6. The molecule has 2 aromatic rings. The molecule has 0 bridgehead atoms. The Morgan fingerprint density at radius 3 is 2.72 bits per heavy atom. The van der Waals surface area contributed by atoms with Crippen molar-refractivity contribution in [3.8, 4) is 0 Å². The summed E-state index contributed by atoms with van der Waals surface area (Å²) < 4.78 is 0. The first kappa shape index (κ1) is 11.3. The fraction of sp³-hybridized carbons (Fsp3) is 0.312. The van der Waals surface area contributed by atoms with E-state index >= 15 is 0 Å². The first-order chi connectivity index (χ1) is 8.83. The molecule has 0 fully saturated rings. The van der Waals surface area contributed by atoms with Crippen molar-refractivity contribution in [2.45, 2.75) is 32.1 Å². The van der Waals surface area contributed by atoms with Crippen molar-refractivity contribution in [1.29, 1.82) is 0 Å². The van der Waals surface area contributed by atoms with Gasteiger partial charge in [0.25, 0.3) is 0 Å². The number of hydrogen-bond acceptors (Lipinski definition) is 1. The normalized spacial score (nSPS) is 13.6. The molecule has 0 radical (unpaired) electrons. The van der Waals surface area contributed by atoms with Crippen LogP contribution in [0.1, 0.15) is 28.8 Å². The molecular formula is C16H17NO. The zero-order valence-corrected chi connectivity index (χ0v) is 10.4. The lowest BCUT2D eigenvalue weighted by molar-refractivity contribution is 0.864. The average Bonchev–Trinajstić information content (AvgIpc) is 2.85. The van der Waals surface area contributed by atoms with E-state index in [9.17, 15) is 4.79 Å². The fourth-order valence-corrected chi connectivity index (χ4v) is 2.82. The summed E-state index contributed by atoms with van der Waals surface area (Å²) in [5.41, 5.74) is 5.19. The SMILES string of the molecule is O=c1cc2c(c(CCc3ccccc3)[nH]1)CCC2. The molecule has 1 heterocycles. The van der Waals surface area contributed by atoms with Crippen molar-refractivity contribution in [3.63, 3.8) is 0 Å². The van der Waals surface area contributed by atoms with Gasteiger partial charge in [0.2, 0.25) is 5.56 Å². The number of rotatable bonds is 3. The number of hydrogen-bond donors (Lipinski definition) is 1. The smallest absolute Gasteiger partial charge is 0.248 e. The number of aromatic amines is 1. The molecule has 2 heteroatoms. The molecule has 0 atom stereocenters. The van der Waals surface area contributed by atoms with Crippen LogP contribution in [0.2, 0.25) is 0 Å². The van der Waals surface area contributed by atoms with E-state index < -0.39 is 0 Å². The third-order valence-electron chi connectivity index (χ3n) is 3.71. The van der Waals surface area contributed by atoms with Crippen LogP contribution in [-0.4, -0.2) is 4.98 Å². The second-order valence-electron chi connectivity index (χ2n) is 4.96. The molecule has 0 saturated heterocycles. The fourth-order valence-electron chi connectivity index (χ4n) is 2.82. The Labute approximate surface area is 107 Å². The number of H-pyrrole nitrogens is 1. The van der Waals surface area contributed by atoms with Crippen LogP contribution in [0.4, 0.5) is 0 Å². The Morgan fingerprint density at radius 2 is 1.89 bits per heavy atom. The lowest BCUT2D eigenvalue weighted by atomic mass is 10.0. The van der Waals surface area contributed by atoms with E-state index in [1.54, 1.807) is 6.07 Å². The third kappa shape index (κ3) is 2.23. The van der Waals surface area contributed by atoms with Gasteiger partial charge in [-0.3, -0.25) is 4.79 Å². The zero-order chi connectivity index (χ0) is 12.4. The Kier molecular flexibility index (Phi) is 3.01. The van der Waals surface area contributed by atoms with Crippen molar-refractivity contribution in [1.82, 2.24) is 4.98 Å². The van der Waals surface area contributed by atoms with E-state index in [4.69, 9.17) is 0 Å². The molecular weight excluding hydrogens is 222 g/mol. The van der Waals surface area contributed by atoms with E-state index in [1.165, 1.54) is 23.1 Å². The molecule has 1 aromatic heterocycles. The third-order valence-corrected chi connectivity index (χ3v) is 3.71. The lowest BCUT2D eigenvalue weighted by Gasteiger charge is -2.08. The Balaban J connectivity index is 1.83. The topological polar surface area (TPSA) is 32.9 Å². The number of fused-ring (bicyclic) bond motifs is 1. The van der Waals surface area contributed by atoms with Gasteiger partial charge in [0.1, 0.15) is 0 Å². The van der Waals surface area contributed by atoms with Gasteiger partial charge in [-0.15, -0.1) is 0 Å². The summed E-state index contributed by atoms with van der Waals surface area (Å²) in [6, 6.07) is 12.2. The summed E-state index contributed by atoms with van der Waals surface area (Å²) in [5.74, 6) is 0. The van der Waals surface area contributed by atoms with E-state index in [0.717, 1.165) is 31.4 Å². The van der Waals surface area contributed by atoms with Crippen LogP contribution in [0.5, 0.6) is 0 Å². The number of aryl methyl sites for hydroxylation is 3. The molecule has 92 valence electrons. The van der Waals surface area contributed by atoms with Gasteiger partial charge >= 0.3 is 0 Å². The molecule has 1 N–H and O–H groups in total. The van der Waals surface area contributed by atoms with Crippen molar-refractivity contribution in [2.75, 3.05) is 0 Å². The predicted molar refractivity (Wildman–Crippen MR) is 72.9 cm³/mol. The van der Waals surface area contributed by atoms with Crippen molar-refractivity contribution < 1.29 is 0 Å². The second-order valence-corrected chi connectivity index (χ2v) is 4.96. The summed E-state index contributed by atoms with van der Waals surface area (Å²) in [5, 5.41) is 0. The molecule has 0 saturated carbocycles. The van der Waals surface area contributed by atoms with Gasteiger partial charge in [-0.05, 0) is 48.8 Å². The molecule has 0 amide bonds. The minimum absolute atomic E-state index is 0.0544. The monoisotopic (exact) mass is 239 g/mol. The maximum Gasteiger partial charge on any atom is 0.248 e. The van der Waals surface area contributed by atoms with Crippen LogP contribution >= 0.6 is 0 Å². The number of nitrogens with one attached hydrogen (secondary N) is 1. The standard InChI is InChI=1S/C16H17NO/c18-16-11-13-7-4-8-14(13)15(17-16)10-9-12-5-2-1-3-6-12/h1-3,5-6,11H,4,7-10H2,(H,17,18). The van der Waals surface area contributed by atoms with Gasteiger partial charge in [0.05, 0.1) is 0 Å². The van der Waals surface area contributed by atoms with Gasteiger partial charge in [-0.2, -0.15) is 0 Å². The molecule has 1 aromatic carbocycles. The first-order valence-electron chi connectivity index (χ1n) is 6.61. The number of aromatic nitrogens is 1. The summed E-state index contributed by atoms with van der Waals surface area (Å²) in [4.78, 5) is 14.6. The molecule has 0 spiro atoms. The Bertz CT molecular complexity index is 598. The maximum absolute atomic E-state index is 11.6. The highest BCUT2D eigenvalue weighted by molar-refractivity contribution is 5.34. The van der Waals surface area contributed by atoms with E-state index in [1.807, 2.05) is 6.07 Å². The highest BCUT2D eigenvalue weighted by Crippen LogP contribution is 2.23. The van der Waals surface area contributed by atoms with Crippen LogP contribution < -0.4 is 5.56 Å². The van der Waals surface area contributed by atoms with E-state index in [2.05, 4.69) is 29.2 Å². The molecule has 0 aliphatic heterocycles. The van der Waals surface area contributed by atoms with Gasteiger partial charge in [-0.25, -0.2) is 0 Å². The highest BCUT2D eigenvalue weighted by Gasteiger charge is 2.15. The molecule has 3 rings (SSSR count). The summed E-state index contributed by atoms with van der Waals surface area (Å²) in [6.45, 7) is 0. The van der Waals surface area contributed by atoms with Gasteiger partial charge in [0.15, 0.2) is 0 Å². The minimum Gasteiger partial charge on any atom is -0.326 e. The number of benzene rings is 1. The zero-order valence-electron chi connectivity index (χ0n) is 10.4. The van der Waals surface area contributed by atoms with Crippen molar-refractivity contribution in [3.05, 3.63) is 69.1 Å². The van der Waals surface area contributed by atoms with Crippen LogP contribution in [0.3, 0.4) is 0 Å². The van der Waals surface area contributed by atoms with Crippen molar-refractivity contribution >= 4 is 0 Å². The first-order valence-corrected chi connectivity index (χ1v) is 6.61. The summed E-state index contributed by atoms with van der Waals surface area (Å²) in [7, 11) is 0. The lowest BCUT2D eigenvalue weighted by Crippen LogP contribution is -2.12. The molecule has 18 heavy (non-hydrogen) atoms. The van der Waals surface area contributed by atoms with E-state index in [-0.39, 0.29) is 5.56 Å². The Hall–Kier alpha value is -1.83. The van der Waals surface area contributed by atoms with Gasteiger partial charge < -0.3 is 4.98 Å². The quantitative estimate of drug-likeness (QED) is 0.877. The van der Waals surface area contributed by atoms with Crippen LogP contribution in [0, 0.1) is 0 Å². The van der Waals surface area contributed by atoms with Gasteiger partial charge in [0, 0.05) is 11.8 Å². The van der Waals surface area contributed by atoms with Crippen molar-refractivity contribution in [2.24, 2.45) is 0 Å². The predicted octanol–water partition coefficient (Wildman–Crippen LogP) is 2.65. The average molecular weight is 239 g/mol. The number of pyridine rings is 1. The molecule has 2 nitrogen and oxygen atoms in total. The van der Waals surface area contributed by atoms with Gasteiger partial charge in [-0.1, -0.05) is 30.3 Å². The second kappa shape index (κ2) is 4.81.